The minimum Gasteiger partial charge on any atom is -0.393 e. The van der Waals surface area contributed by atoms with Gasteiger partial charge in [0.15, 0.2) is 11.5 Å². The molecule has 0 saturated carbocycles. The molecule has 0 spiro atoms. The number of likely N-dealkylation sites (tertiary alicyclic amines) is 1. The number of hydrogen-bond donors (Lipinski definition) is 3. The van der Waals surface area contributed by atoms with E-state index in [1.54, 1.807) is 12.4 Å². The number of amides is 1. The Hall–Kier alpha value is -2.97. The monoisotopic (exact) mass is 380 g/mol. The maximum absolute atomic E-state index is 12.4. The van der Waals surface area contributed by atoms with Crippen molar-refractivity contribution in [2.24, 2.45) is 0 Å². The van der Waals surface area contributed by atoms with E-state index in [-0.39, 0.29) is 12.0 Å². The molecule has 8 heteroatoms. The van der Waals surface area contributed by atoms with Crippen LogP contribution in [0.5, 0.6) is 0 Å². The normalized spacial score (nSPS) is 15.6. The van der Waals surface area contributed by atoms with E-state index < -0.39 is 0 Å². The van der Waals surface area contributed by atoms with Gasteiger partial charge in [0.25, 0.3) is 0 Å². The first-order chi connectivity index (χ1) is 13.6. The number of anilines is 2. The number of hydrogen-bond acceptors (Lipinski definition) is 6. The summed E-state index contributed by atoms with van der Waals surface area (Å²) in [6, 6.07) is 7.73. The zero-order valence-corrected chi connectivity index (χ0v) is 15.8. The molecule has 28 heavy (non-hydrogen) atoms. The Morgan fingerprint density at radius 3 is 2.89 bits per heavy atom. The molecule has 2 aromatic heterocycles. The van der Waals surface area contributed by atoms with Crippen LogP contribution in [-0.4, -0.2) is 63.1 Å². The Bertz CT molecular complexity index is 978. The van der Waals surface area contributed by atoms with Gasteiger partial charge in [-0.05, 0) is 25.0 Å². The highest BCUT2D eigenvalue weighted by Crippen LogP contribution is 2.25. The summed E-state index contributed by atoms with van der Waals surface area (Å²) in [6.07, 6.45) is 6.61. The zero-order chi connectivity index (χ0) is 19.5. The third-order valence-corrected chi connectivity index (χ3v) is 5.03. The predicted molar refractivity (Wildman–Crippen MR) is 108 cm³/mol. The smallest absolute Gasteiger partial charge is 0.238 e. The molecule has 4 rings (SSSR count). The Morgan fingerprint density at radius 2 is 2.11 bits per heavy atom. The molecule has 3 heterocycles. The number of aliphatic hydroxyl groups excluding tert-OH is 1. The van der Waals surface area contributed by atoms with Gasteiger partial charge in [-0.1, -0.05) is 12.1 Å². The van der Waals surface area contributed by atoms with Crippen molar-refractivity contribution in [3.8, 4) is 11.3 Å². The Kier molecular flexibility index (Phi) is 5.23. The molecule has 1 fully saturated rings. The first kappa shape index (κ1) is 18.4. The number of fused-ring (bicyclic) bond motifs is 1. The van der Waals surface area contributed by atoms with Gasteiger partial charge in [0, 0.05) is 43.8 Å². The van der Waals surface area contributed by atoms with E-state index in [0.717, 1.165) is 48.5 Å². The van der Waals surface area contributed by atoms with E-state index in [4.69, 9.17) is 0 Å². The molecule has 1 aromatic carbocycles. The average molecular weight is 380 g/mol. The molecule has 1 saturated heterocycles. The van der Waals surface area contributed by atoms with Crippen LogP contribution < -0.4 is 10.6 Å². The van der Waals surface area contributed by atoms with Crippen LogP contribution in [-0.2, 0) is 4.79 Å². The lowest BCUT2D eigenvalue weighted by Crippen LogP contribution is -2.40. The van der Waals surface area contributed by atoms with E-state index in [2.05, 4.69) is 25.5 Å². The van der Waals surface area contributed by atoms with Gasteiger partial charge in [-0.2, -0.15) is 0 Å². The quantitative estimate of drug-likeness (QED) is 0.625. The first-order valence-corrected chi connectivity index (χ1v) is 9.44. The number of aromatic nitrogens is 3. The van der Waals surface area contributed by atoms with Gasteiger partial charge in [-0.3, -0.25) is 14.1 Å². The topological polar surface area (TPSA) is 94.8 Å². The highest BCUT2D eigenvalue weighted by Gasteiger charge is 2.19. The van der Waals surface area contributed by atoms with Gasteiger partial charge < -0.3 is 15.7 Å². The van der Waals surface area contributed by atoms with Crippen molar-refractivity contribution in [1.29, 1.82) is 0 Å². The van der Waals surface area contributed by atoms with E-state index >= 15 is 0 Å². The van der Waals surface area contributed by atoms with Crippen molar-refractivity contribution in [2.45, 2.75) is 18.9 Å². The number of carbonyl (C=O) groups is 1. The van der Waals surface area contributed by atoms with Crippen LogP contribution in [0.4, 0.5) is 11.5 Å². The molecule has 1 aliphatic rings. The number of aliphatic hydroxyl groups is 1. The van der Waals surface area contributed by atoms with Crippen molar-refractivity contribution in [1.82, 2.24) is 19.3 Å². The summed E-state index contributed by atoms with van der Waals surface area (Å²) < 4.78 is 1.97. The van der Waals surface area contributed by atoms with Crippen LogP contribution >= 0.6 is 0 Å². The second-order valence-electron chi connectivity index (χ2n) is 7.00. The van der Waals surface area contributed by atoms with Crippen molar-refractivity contribution in [3.63, 3.8) is 0 Å². The average Bonchev–Trinajstić information content (AvgIpc) is 3.14. The summed E-state index contributed by atoms with van der Waals surface area (Å²) in [4.78, 5) is 23.2. The largest absolute Gasteiger partial charge is 0.393 e. The van der Waals surface area contributed by atoms with Crippen LogP contribution in [0.25, 0.3) is 16.9 Å². The lowest BCUT2D eigenvalue weighted by Gasteiger charge is -2.28. The third kappa shape index (κ3) is 3.83. The molecule has 3 N–H and O–H groups in total. The fourth-order valence-electron chi connectivity index (χ4n) is 3.55. The second kappa shape index (κ2) is 7.95. The summed E-state index contributed by atoms with van der Waals surface area (Å²) in [5.74, 6) is 0.665. The van der Waals surface area contributed by atoms with Gasteiger partial charge in [0.2, 0.25) is 5.91 Å². The van der Waals surface area contributed by atoms with Gasteiger partial charge >= 0.3 is 0 Å². The minimum atomic E-state index is -0.236. The van der Waals surface area contributed by atoms with Gasteiger partial charge in [-0.25, -0.2) is 9.97 Å². The maximum atomic E-state index is 12.4. The van der Waals surface area contributed by atoms with Crippen LogP contribution in [0.15, 0.2) is 42.9 Å². The summed E-state index contributed by atoms with van der Waals surface area (Å²) in [5, 5.41) is 15.6. The molecule has 8 nitrogen and oxygen atoms in total. The highest BCUT2D eigenvalue weighted by atomic mass is 16.3. The summed E-state index contributed by atoms with van der Waals surface area (Å²) in [6.45, 7) is 1.83. The van der Waals surface area contributed by atoms with E-state index in [9.17, 15) is 9.90 Å². The second-order valence-corrected chi connectivity index (χ2v) is 7.00. The van der Waals surface area contributed by atoms with Crippen LogP contribution in [0, 0.1) is 0 Å². The van der Waals surface area contributed by atoms with Gasteiger partial charge in [0.1, 0.15) is 0 Å². The number of imidazole rings is 1. The standard InChI is InChI=1S/C20H24N6O2/c1-21-19-20-23-12-17(26(20)10-7-22-19)14-3-2-4-15(11-14)24-18(28)13-25-8-5-16(27)6-9-25/h2-4,7,10-12,16,27H,5-6,8-9,13H2,1H3,(H,21,22)(H,24,28). The van der Waals surface area contributed by atoms with Crippen molar-refractivity contribution in [2.75, 3.05) is 37.3 Å². The van der Waals surface area contributed by atoms with Crippen LogP contribution in [0.1, 0.15) is 12.8 Å². The van der Waals surface area contributed by atoms with Crippen molar-refractivity contribution in [3.05, 3.63) is 42.9 Å². The maximum Gasteiger partial charge on any atom is 0.238 e. The predicted octanol–water partition coefficient (Wildman–Crippen LogP) is 1.83. The number of nitrogens with zero attached hydrogens (tertiary/aromatic N) is 4. The third-order valence-electron chi connectivity index (χ3n) is 5.03. The fraction of sp³-hybridized carbons (Fsp3) is 0.350. The molecule has 0 atom stereocenters. The molecule has 3 aromatic rings. The SMILES string of the molecule is CNc1nccn2c(-c3cccc(NC(=O)CN4CCC(O)CC4)c3)cnc12. The summed E-state index contributed by atoms with van der Waals surface area (Å²) >= 11 is 0. The number of rotatable bonds is 5. The van der Waals surface area contributed by atoms with Gasteiger partial charge in [-0.15, -0.1) is 0 Å². The molecule has 146 valence electrons. The summed E-state index contributed by atoms with van der Waals surface area (Å²) in [5.41, 5.74) is 3.38. The Balaban J connectivity index is 1.50. The zero-order valence-electron chi connectivity index (χ0n) is 15.8. The molecule has 0 aliphatic carbocycles. The molecule has 0 unspecified atom stereocenters. The van der Waals surface area contributed by atoms with E-state index in [1.807, 2.05) is 41.9 Å². The van der Waals surface area contributed by atoms with E-state index in [1.165, 1.54) is 0 Å². The van der Waals surface area contributed by atoms with E-state index in [0.29, 0.717) is 12.4 Å². The Labute approximate surface area is 163 Å². The number of nitrogens with one attached hydrogen (secondary N) is 2. The number of carbonyl (C=O) groups excluding carboxylic acids is 1. The highest BCUT2D eigenvalue weighted by molar-refractivity contribution is 5.93. The Morgan fingerprint density at radius 1 is 1.29 bits per heavy atom. The lowest BCUT2D eigenvalue weighted by molar-refractivity contribution is -0.117. The molecular weight excluding hydrogens is 356 g/mol. The molecule has 1 aliphatic heterocycles. The molecule has 1 amide bonds. The fourth-order valence-corrected chi connectivity index (χ4v) is 3.55. The molecule has 0 radical (unpaired) electrons. The van der Waals surface area contributed by atoms with Crippen LogP contribution in [0.2, 0.25) is 0 Å². The van der Waals surface area contributed by atoms with Gasteiger partial charge in [0.05, 0.1) is 24.5 Å². The van der Waals surface area contributed by atoms with Crippen LogP contribution in [0.3, 0.4) is 0 Å². The summed E-state index contributed by atoms with van der Waals surface area (Å²) in [7, 11) is 1.82. The van der Waals surface area contributed by atoms with Crippen molar-refractivity contribution >= 4 is 23.1 Å². The molecular formula is C20H24N6O2. The minimum absolute atomic E-state index is 0.0478. The molecule has 0 bridgehead atoms. The van der Waals surface area contributed by atoms with Crippen molar-refractivity contribution < 1.29 is 9.90 Å². The number of piperidine rings is 1. The first-order valence-electron chi connectivity index (χ1n) is 9.44. The number of benzene rings is 1. The lowest BCUT2D eigenvalue weighted by atomic mass is 10.1.